The lowest BCUT2D eigenvalue weighted by Gasteiger charge is -2.11. The van der Waals surface area contributed by atoms with Crippen molar-refractivity contribution >= 4 is 38.3 Å². The van der Waals surface area contributed by atoms with Gasteiger partial charge in [-0.25, -0.2) is 17.2 Å². The zero-order valence-corrected chi connectivity index (χ0v) is 13.5. The monoisotopic (exact) mass is 425 g/mol. The Morgan fingerprint density at radius 2 is 1.90 bits per heavy atom. The smallest absolute Gasteiger partial charge is 0.264 e. The standard InChI is InChI=1S/C13H10F2INO3S/c14-11-4-5-12(13(15)10(11)7-18)21(19,20)17-9-3-1-2-8(16)6-9/h1-6,17-18H,7H2. The summed E-state index contributed by atoms with van der Waals surface area (Å²) in [7, 11) is -4.22. The van der Waals surface area contributed by atoms with Crippen molar-refractivity contribution in [2.75, 3.05) is 4.72 Å². The molecule has 0 radical (unpaired) electrons. The van der Waals surface area contributed by atoms with E-state index >= 15 is 0 Å². The Morgan fingerprint density at radius 1 is 1.19 bits per heavy atom. The van der Waals surface area contributed by atoms with E-state index in [0.29, 0.717) is 0 Å². The van der Waals surface area contributed by atoms with Crippen LogP contribution in [0, 0.1) is 15.2 Å². The number of aliphatic hydroxyl groups is 1. The molecule has 0 spiro atoms. The van der Waals surface area contributed by atoms with Crippen molar-refractivity contribution in [2.45, 2.75) is 11.5 Å². The fraction of sp³-hybridized carbons (Fsp3) is 0.0769. The van der Waals surface area contributed by atoms with Gasteiger partial charge >= 0.3 is 0 Å². The van der Waals surface area contributed by atoms with Crippen molar-refractivity contribution in [3.05, 3.63) is 57.2 Å². The van der Waals surface area contributed by atoms with Crippen molar-refractivity contribution in [3.63, 3.8) is 0 Å². The number of aliphatic hydroxyl groups excluding tert-OH is 1. The molecule has 0 unspecified atom stereocenters. The van der Waals surface area contributed by atoms with E-state index in [4.69, 9.17) is 5.11 Å². The van der Waals surface area contributed by atoms with E-state index in [2.05, 4.69) is 4.72 Å². The Balaban J connectivity index is 2.45. The SMILES string of the molecule is O=S(=O)(Nc1cccc(I)c1)c1ccc(F)c(CO)c1F. The quantitative estimate of drug-likeness (QED) is 0.741. The van der Waals surface area contributed by atoms with Gasteiger partial charge in [0.05, 0.1) is 12.2 Å². The first-order valence-corrected chi connectivity index (χ1v) is 8.27. The summed E-state index contributed by atoms with van der Waals surface area (Å²) in [5.74, 6) is -2.29. The van der Waals surface area contributed by atoms with Gasteiger partial charge in [0.15, 0.2) is 5.82 Å². The molecule has 21 heavy (non-hydrogen) atoms. The predicted molar refractivity (Wildman–Crippen MR) is 82.2 cm³/mol. The number of halogens is 3. The molecule has 2 N–H and O–H groups in total. The van der Waals surface area contributed by atoms with Gasteiger partial charge in [0.25, 0.3) is 10.0 Å². The first kappa shape index (κ1) is 16.1. The number of sulfonamides is 1. The second-order valence-corrected chi connectivity index (χ2v) is 7.01. The van der Waals surface area contributed by atoms with E-state index in [1.54, 1.807) is 18.2 Å². The Labute approximate surface area is 134 Å². The summed E-state index contributed by atoms with van der Waals surface area (Å²) in [6.07, 6.45) is 0. The molecule has 112 valence electrons. The highest BCUT2D eigenvalue weighted by Gasteiger charge is 2.23. The lowest BCUT2D eigenvalue weighted by atomic mass is 10.2. The van der Waals surface area contributed by atoms with Crippen LogP contribution in [0.2, 0.25) is 0 Å². The van der Waals surface area contributed by atoms with Crippen molar-refractivity contribution in [1.82, 2.24) is 0 Å². The van der Waals surface area contributed by atoms with Crippen molar-refractivity contribution < 1.29 is 22.3 Å². The summed E-state index contributed by atoms with van der Waals surface area (Å²) in [6.45, 7) is -0.926. The first-order chi connectivity index (χ1) is 9.85. The molecule has 2 aromatic rings. The zero-order valence-electron chi connectivity index (χ0n) is 10.5. The lowest BCUT2D eigenvalue weighted by molar-refractivity contribution is 0.267. The largest absolute Gasteiger partial charge is 0.391 e. The second kappa shape index (κ2) is 6.24. The highest BCUT2D eigenvalue weighted by Crippen LogP contribution is 2.24. The number of hydrogen-bond donors (Lipinski definition) is 2. The summed E-state index contributed by atoms with van der Waals surface area (Å²) in [5.41, 5.74) is -0.420. The van der Waals surface area contributed by atoms with Crippen molar-refractivity contribution in [2.24, 2.45) is 0 Å². The van der Waals surface area contributed by atoms with Crippen LogP contribution in [0.15, 0.2) is 41.3 Å². The van der Waals surface area contributed by atoms with Crippen LogP contribution in [0.4, 0.5) is 14.5 Å². The van der Waals surface area contributed by atoms with Crippen LogP contribution in [0.25, 0.3) is 0 Å². The Hall–Kier alpha value is -1.26. The van der Waals surface area contributed by atoms with E-state index in [1.807, 2.05) is 22.6 Å². The molecular weight excluding hydrogens is 415 g/mol. The summed E-state index contributed by atoms with van der Waals surface area (Å²) >= 11 is 2.00. The predicted octanol–water partition coefficient (Wildman–Crippen LogP) is 2.86. The summed E-state index contributed by atoms with van der Waals surface area (Å²) in [5, 5.41) is 8.92. The number of nitrogens with one attached hydrogen (secondary N) is 1. The van der Waals surface area contributed by atoms with Crippen LogP contribution < -0.4 is 4.72 Å². The molecule has 0 fully saturated rings. The minimum absolute atomic E-state index is 0.260. The molecule has 0 saturated heterocycles. The summed E-state index contributed by atoms with van der Waals surface area (Å²) in [6, 6.07) is 8.10. The van der Waals surface area contributed by atoms with E-state index < -0.39 is 38.7 Å². The fourth-order valence-corrected chi connectivity index (χ4v) is 3.39. The maximum atomic E-state index is 14.0. The minimum Gasteiger partial charge on any atom is -0.391 e. The molecule has 0 saturated carbocycles. The molecule has 2 aromatic carbocycles. The Morgan fingerprint density at radius 3 is 2.52 bits per heavy atom. The molecule has 2 rings (SSSR count). The van der Waals surface area contributed by atoms with Crippen LogP contribution in [0.3, 0.4) is 0 Å². The Kier molecular flexibility index (Phi) is 4.79. The van der Waals surface area contributed by atoms with Gasteiger partial charge in [-0.1, -0.05) is 6.07 Å². The molecule has 8 heteroatoms. The molecule has 0 aliphatic rings. The van der Waals surface area contributed by atoms with E-state index in [0.717, 1.165) is 15.7 Å². The lowest BCUT2D eigenvalue weighted by Crippen LogP contribution is -2.16. The summed E-state index contributed by atoms with van der Waals surface area (Å²) in [4.78, 5) is -0.716. The van der Waals surface area contributed by atoms with E-state index in [-0.39, 0.29) is 5.69 Å². The highest BCUT2D eigenvalue weighted by molar-refractivity contribution is 14.1. The third-order valence-corrected chi connectivity index (χ3v) is 4.74. The molecule has 0 bridgehead atoms. The fourth-order valence-electron chi connectivity index (χ4n) is 1.69. The molecule has 0 aliphatic carbocycles. The van der Waals surface area contributed by atoms with Gasteiger partial charge in [-0.2, -0.15) is 0 Å². The van der Waals surface area contributed by atoms with Gasteiger partial charge in [0.1, 0.15) is 10.7 Å². The maximum absolute atomic E-state index is 14.0. The number of hydrogen-bond acceptors (Lipinski definition) is 3. The number of benzene rings is 2. The van der Waals surface area contributed by atoms with E-state index in [1.165, 1.54) is 6.07 Å². The topological polar surface area (TPSA) is 66.4 Å². The zero-order chi connectivity index (χ0) is 15.6. The van der Waals surface area contributed by atoms with Crippen molar-refractivity contribution in [3.8, 4) is 0 Å². The van der Waals surface area contributed by atoms with Crippen LogP contribution >= 0.6 is 22.6 Å². The van der Waals surface area contributed by atoms with Crippen LogP contribution in [0.1, 0.15) is 5.56 Å². The first-order valence-electron chi connectivity index (χ1n) is 5.71. The van der Waals surface area contributed by atoms with Crippen LogP contribution in [-0.2, 0) is 16.6 Å². The molecule has 0 aliphatic heterocycles. The second-order valence-electron chi connectivity index (χ2n) is 4.11. The molecular formula is C13H10F2INO3S. The average Bonchev–Trinajstić information content (AvgIpc) is 2.38. The van der Waals surface area contributed by atoms with Crippen molar-refractivity contribution in [1.29, 1.82) is 0 Å². The van der Waals surface area contributed by atoms with Gasteiger partial charge < -0.3 is 5.11 Å². The highest BCUT2D eigenvalue weighted by atomic mass is 127. The van der Waals surface area contributed by atoms with Gasteiger partial charge in [-0.05, 0) is 52.9 Å². The number of anilines is 1. The molecule has 0 amide bonds. The van der Waals surface area contributed by atoms with Gasteiger partial charge in [-0.15, -0.1) is 0 Å². The molecule has 4 nitrogen and oxygen atoms in total. The third-order valence-electron chi connectivity index (χ3n) is 2.68. The van der Waals surface area contributed by atoms with Gasteiger partial charge in [0, 0.05) is 9.26 Å². The average molecular weight is 425 g/mol. The normalized spacial score (nSPS) is 11.4. The van der Waals surface area contributed by atoms with Gasteiger partial charge in [0.2, 0.25) is 0 Å². The van der Waals surface area contributed by atoms with Crippen LogP contribution in [-0.4, -0.2) is 13.5 Å². The number of rotatable bonds is 4. The maximum Gasteiger partial charge on any atom is 0.264 e. The van der Waals surface area contributed by atoms with E-state index in [9.17, 15) is 17.2 Å². The molecule has 0 aromatic heterocycles. The Bertz CT molecular complexity index is 781. The third kappa shape index (κ3) is 3.50. The molecule has 0 heterocycles. The van der Waals surface area contributed by atoms with Crippen LogP contribution in [0.5, 0.6) is 0 Å². The minimum atomic E-state index is -4.22. The summed E-state index contributed by atoms with van der Waals surface area (Å²) < 4.78 is 54.6. The van der Waals surface area contributed by atoms with Gasteiger partial charge in [-0.3, -0.25) is 4.72 Å². The molecule has 0 atom stereocenters.